The maximum atomic E-state index is 11.9. The number of nitrogens with zero attached hydrogens (tertiary/aromatic N) is 1. The highest BCUT2D eigenvalue weighted by Crippen LogP contribution is 2.28. The monoisotopic (exact) mass is 312 g/mol. The Kier molecular flexibility index (Phi) is 4.53. The van der Waals surface area contributed by atoms with Crippen molar-refractivity contribution in [2.45, 2.75) is 18.7 Å². The standard InChI is InChI=1S/C14H20N2O4S/c1-3-15-21(19,20)12-6-4-11(5-7-12)16-8-10(2)13(9-16)14(17)18/h4-7,10,13,15H,3,8-9H2,1-2H3,(H,17,18). The van der Waals surface area contributed by atoms with Crippen molar-refractivity contribution in [3.8, 4) is 0 Å². The number of aliphatic carboxylic acids is 1. The third-order valence-corrected chi connectivity index (χ3v) is 5.34. The van der Waals surface area contributed by atoms with E-state index < -0.39 is 16.0 Å². The van der Waals surface area contributed by atoms with E-state index in [2.05, 4.69) is 4.72 Å². The van der Waals surface area contributed by atoms with Gasteiger partial charge in [-0.2, -0.15) is 0 Å². The molecule has 2 N–H and O–H groups in total. The minimum atomic E-state index is -3.45. The second kappa shape index (κ2) is 6.03. The number of sulfonamides is 1. The van der Waals surface area contributed by atoms with Crippen molar-refractivity contribution in [1.29, 1.82) is 0 Å². The van der Waals surface area contributed by atoms with Crippen molar-refractivity contribution < 1.29 is 18.3 Å². The summed E-state index contributed by atoms with van der Waals surface area (Å²) < 4.78 is 26.1. The van der Waals surface area contributed by atoms with Gasteiger partial charge >= 0.3 is 5.97 Å². The molecule has 1 saturated heterocycles. The van der Waals surface area contributed by atoms with Gasteiger partial charge in [0.1, 0.15) is 0 Å². The van der Waals surface area contributed by atoms with Gasteiger partial charge in [0.15, 0.2) is 0 Å². The lowest BCUT2D eigenvalue weighted by Crippen LogP contribution is -2.24. The summed E-state index contributed by atoms with van der Waals surface area (Å²) in [7, 11) is -3.45. The first-order valence-corrected chi connectivity index (χ1v) is 8.41. The van der Waals surface area contributed by atoms with Crippen LogP contribution in [-0.4, -0.2) is 39.1 Å². The van der Waals surface area contributed by atoms with Gasteiger partial charge in [0.2, 0.25) is 10.0 Å². The lowest BCUT2D eigenvalue weighted by Gasteiger charge is -2.18. The summed E-state index contributed by atoms with van der Waals surface area (Å²) in [5.41, 5.74) is 0.848. The van der Waals surface area contributed by atoms with Crippen LogP contribution in [0.5, 0.6) is 0 Å². The van der Waals surface area contributed by atoms with Crippen molar-refractivity contribution >= 4 is 21.7 Å². The van der Waals surface area contributed by atoms with Crippen molar-refractivity contribution in [3.05, 3.63) is 24.3 Å². The zero-order valence-corrected chi connectivity index (χ0v) is 12.9. The number of carboxylic acid groups (broad SMARTS) is 1. The molecular weight excluding hydrogens is 292 g/mol. The van der Waals surface area contributed by atoms with Gasteiger partial charge in [-0.05, 0) is 30.2 Å². The molecule has 0 bridgehead atoms. The van der Waals surface area contributed by atoms with Gasteiger partial charge < -0.3 is 10.0 Å². The first-order valence-electron chi connectivity index (χ1n) is 6.92. The van der Waals surface area contributed by atoms with E-state index in [0.717, 1.165) is 5.69 Å². The molecule has 21 heavy (non-hydrogen) atoms. The van der Waals surface area contributed by atoms with Crippen molar-refractivity contribution in [1.82, 2.24) is 4.72 Å². The van der Waals surface area contributed by atoms with E-state index in [-0.39, 0.29) is 16.7 Å². The molecule has 116 valence electrons. The molecule has 1 aromatic rings. The van der Waals surface area contributed by atoms with E-state index in [1.807, 2.05) is 11.8 Å². The van der Waals surface area contributed by atoms with E-state index in [9.17, 15) is 13.2 Å². The van der Waals surface area contributed by atoms with E-state index >= 15 is 0 Å². The van der Waals surface area contributed by atoms with Crippen LogP contribution in [0.25, 0.3) is 0 Å². The molecule has 7 heteroatoms. The number of benzene rings is 1. The number of carbonyl (C=O) groups is 1. The van der Waals surface area contributed by atoms with Gasteiger partial charge in [0.25, 0.3) is 0 Å². The second-order valence-corrected chi connectivity index (χ2v) is 7.09. The molecule has 1 aliphatic heterocycles. The normalized spacial score (nSPS) is 22.5. The molecule has 6 nitrogen and oxygen atoms in total. The molecule has 0 amide bonds. The number of nitrogens with one attached hydrogen (secondary N) is 1. The molecule has 2 rings (SSSR count). The quantitative estimate of drug-likeness (QED) is 0.851. The molecule has 1 fully saturated rings. The third kappa shape index (κ3) is 3.36. The van der Waals surface area contributed by atoms with Crippen LogP contribution >= 0.6 is 0 Å². The summed E-state index contributed by atoms with van der Waals surface area (Å²) in [6.07, 6.45) is 0. The summed E-state index contributed by atoms with van der Waals surface area (Å²) in [6, 6.07) is 6.54. The van der Waals surface area contributed by atoms with Gasteiger partial charge in [-0.25, -0.2) is 13.1 Å². The molecule has 2 unspecified atom stereocenters. The first kappa shape index (κ1) is 15.8. The van der Waals surface area contributed by atoms with Gasteiger partial charge in [0, 0.05) is 25.3 Å². The fourth-order valence-corrected chi connectivity index (χ4v) is 3.65. The topological polar surface area (TPSA) is 86.7 Å². The number of rotatable bonds is 5. The Labute approximate surface area is 124 Å². The van der Waals surface area contributed by atoms with Gasteiger partial charge in [0.05, 0.1) is 10.8 Å². The highest BCUT2D eigenvalue weighted by Gasteiger charge is 2.34. The first-order chi connectivity index (χ1) is 9.85. The highest BCUT2D eigenvalue weighted by atomic mass is 32.2. The van der Waals surface area contributed by atoms with E-state index in [1.54, 1.807) is 31.2 Å². The van der Waals surface area contributed by atoms with Gasteiger partial charge in [-0.1, -0.05) is 13.8 Å². The van der Waals surface area contributed by atoms with Crippen molar-refractivity contribution in [2.75, 3.05) is 24.5 Å². The van der Waals surface area contributed by atoms with Crippen LogP contribution in [0.1, 0.15) is 13.8 Å². The Morgan fingerprint density at radius 3 is 2.43 bits per heavy atom. The molecule has 0 aromatic heterocycles. The fraction of sp³-hybridized carbons (Fsp3) is 0.500. The molecule has 0 saturated carbocycles. The van der Waals surface area contributed by atoms with Crippen LogP contribution in [0.15, 0.2) is 29.2 Å². The Morgan fingerprint density at radius 1 is 1.33 bits per heavy atom. The maximum Gasteiger partial charge on any atom is 0.308 e. The molecule has 0 radical (unpaired) electrons. The van der Waals surface area contributed by atoms with Crippen LogP contribution < -0.4 is 9.62 Å². The zero-order chi connectivity index (χ0) is 15.6. The van der Waals surface area contributed by atoms with E-state index in [0.29, 0.717) is 19.6 Å². The Hall–Kier alpha value is -1.60. The Bertz CT molecular complexity index is 612. The summed E-state index contributed by atoms with van der Waals surface area (Å²) in [5, 5.41) is 9.14. The summed E-state index contributed by atoms with van der Waals surface area (Å²) >= 11 is 0. The number of anilines is 1. The zero-order valence-electron chi connectivity index (χ0n) is 12.1. The Balaban J connectivity index is 2.15. The molecule has 1 aromatic carbocycles. The van der Waals surface area contributed by atoms with Gasteiger partial charge in [-0.15, -0.1) is 0 Å². The maximum absolute atomic E-state index is 11.9. The fourth-order valence-electron chi connectivity index (χ4n) is 2.61. The van der Waals surface area contributed by atoms with Crippen LogP contribution in [0.2, 0.25) is 0 Å². The Morgan fingerprint density at radius 2 is 1.95 bits per heavy atom. The van der Waals surface area contributed by atoms with Crippen LogP contribution in [0.4, 0.5) is 5.69 Å². The van der Waals surface area contributed by atoms with Crippen LogP contribution in [0.3, 0.4) is 0 Å². The molecular formula is C14H20N2O4S. The number of hydrogen-bond donors (Lipinski definition) is 2. The SMILES string of the molecule is CCNS(=O)(=O)c1ccc(N2CC(C)C(C(=O)O)C2)cc1. The predicted octanol–water partition coefficient (Wildman–Crippen LogP) is 1.14. The lowest BCUT2D eigenvalue weighted by molar-refractivity contribution is -0.142. The minimum Gasteiger partial charge on any atom is -0.481 e. The predicted molar refractivity (Wildman–Crippen MR) is 79.8 cm³/mol. The molecule has 1 heterocycles. The largest absolute Gasteiger partial charge is 0.481 e. The van der Waals surface area contributed by atoms with E-state index in [1.165, 1.54) is 0 Å². The van der Waals surface area contributed by atoms with Crippen molar-refractivity contribution in [2.24, 2.45) is 11.8 Å². The van der Waals surface area contributed by atoms with Crippen molar-refractivity contribution in [3.63, 3.8) is 0 Å². The number of carboxylic acids is 1. The second-order valence-electron chi connectivity index (χ2n) is 5.32. The smallest absolute Gasteiger partial charge is 0.308 e. The van der Waals surface area contributed by atoms with Crippen LogP contribution in [-0.2, 0) is 14.8 Å². The lowest BCUT2D eigenvalue weighted by atomic mass is 9.99. The molecule has 1 aliphatic rings. The summed E-state index contributed by atoms with van der Waals surface area (Å²) in [6.45, 7) is 5.10. The minimum absolute atomic E-state index is 0.0765. The van der Waals surface area contributed by atoms with Crippen LogP contribution in [0, 0.1) is 11.8 Å². The highest BCUT2D eigenvalue weighted by molar-refractivity contribution is 7.89. The summed E-state index contributed by atoms with van der Waals surface area (Å²) in [4.78, 5) is 13.3. The molecule has 0 aliphatic carbocycles. The number of hydrogen-bond acceptors (Lipinski definition) is 4. The molecule has 2 atom stereocenters. The average Bonchev–Trinajstić information content (AvgIpc) is 2.81. The van der Waals surface area contributed by atoms with E-state index in [4.69, 9.17) is 5.11 Å². The average molecular weight is 312 g/mol. The third-order valence-electron chi connectivity index (χ3n) is 3.78. The summed E-state index contributed by atoms with van der Waals surface area (Å²) in [5.74, 6) is -1.08. The van der Waals surface area contributed by atoms with Gasteiger partial charge in [-0.3, -0.25) is 4.79 Å². The molecule has 0 spiro atoms.